The minimum Gasteiger partial charge on any atom is -0.415 e. The second-order valence-electron chi connectivity index (χ2n) is 12.9. The van der Waals surface area contributed by atoms with Gasteiger partial charge in [0.15, 0.2) is 16.6 Å². The second-order valence-corrected chi connectivity index (χ2v) is 22.5. The van der Waals surface area contributed by atoms with E-state index in [2.05, 4.69) is 38.9 Å². The maximum Gasteiger partial charge on any atom is 0.426 e. The minimum atomic E-state index is -4.61. The molecule has 0 aromatic heterocycles. The first-order valence-electron chi connectivity index (χ1n) is 12.3. The van der Waals surface area contributed by atoms with Gasteiger partial charge in [0.05, 0.1) is 12.6 Å². The third kappa shape index (κ3) is 19.2. The Labute approximate surface area is 221 Å². The summed E-state index contributed by atoms with van der Waals surface area (Å²) in [6.45, 7) is 21.7. The molecule has 0 radical (unpaired) electrons. The van der Waals surface area contributed by atoms with E-state index in [4.69, 9.17) is 14.6 Å². The molecular weight excluding hydrogens is 537 g/mol. The van der Waals surface area contributed by atoms with Crippen LogP contribution in [-0.4, -0.2) is 66.2 Å². The van der Waals surface area contributed by atoms with Gasteiger partial charge in [-0.25, -0.2) is 17.6 Å². The molecule has 0 saturated heterocycles. The molecule has 0 heterocycles. The van der Waals surface area contributed by atoms with Gasteiger partial charge >= 0.3 is 6.18 Å². The van der Waals surface area contributed by atoms with E-state index in [9.17, 15) is 30.7 Å². The smallest absolute Gasteiger partial charge is 0.415 e. The van der Waals surface area contributed by atoms with Crippen LogP contribution in [-0.2, 0) is 8.85 Å². The fraction of sp³-hybridized carbons (Fsp3) is 0.958. The van der Waals surface area contributed by atoms with Crippen LogP contribution in [0.4, 0.5) is 30.7 Å². The quantitative estimate of drug-likeness (QED) is 0.150. The Morgan fingerprint density at radius 1 is 0.676 bits per heavy atom. The first-order chi connectivity index (χ1) is 15.9. The average Bonchev–Trinajstić information content (AvgIpc) is 2.58. The topological polar surface area (TPSA) is 56.8 Å². The molecular formula is C24H49F7N2O2Si2. The van der Waals surface area contributed by atoms with E-state index >= 15 is 0 Å². The van der Waals surface area contributed by atoms with Crippen molar-refractivity contribution < 1.29 is 39.6 Å². The Balaban J connectivity index is 0. The van der Waals surface area contributed by atoms with Crippen molar-refractivity contribution in [2.24, 2.45) is 10.7 Å². The first kappa shape index (κ1) is 38.6. The molecule has 0 aliphatic rings. The molecule has 37 heavy (non-hydrogen) atoms. The van der Waals surface area contributed by atoms with Crippen molar-refractivity contribution in [2.45, 2.75) is 135 Å². The van der Waals surface area contributed by atoms with Crippen molar-refractivity contribution in [1.82, 2.24) is 0 Å². The summed E-state index contributed by atoms with van der Waals surface area (Å²) in [5.41, 5.74) is 5.63. The number of alkyl halides is 7. The number of nitrogens with two attached hydrogens (primary N) is 1. The first-order valence-corrected chi connectivity index (χ1v) is 18.1. The van der Waals surface area contributed by atoms with Gasteiger partial charge in [-0.2, -0.15) is 13.2 Å². The average molecular weight is 587 g/mol. The summed E-state index contributed by atoms with van der Waals surface area (Å²) in [5, 5.41) is -0.0680. The van der Waals surface area contributed by atoms with Gasteiger partial charge in [0.2, 0.25) is 11.8 Å². The lowest BCUT2D eigenvalue weighted by molar-refractivity contribution is -0.0545. The maximum atomic E-state index is 13.0. The van der Waals surface area contributed by atoms with Gasteiger partial charge in [0.25, 0.3) is 0 Å². The number of halogens is 7. The maximum absolute atomic E-state index is 13.0. The molecule has 224 valence electrons. The SMILES string of the molecule is CC(F)(F)C[C@@H](CO[Si](C)(C)C(C)(C)C)N=CC(F)(F)F.CC(F)(F)C[C@H](N)CO[Si](C)(C)C(C)(C)C. The molecule has 2 atom stereocenters. The van der Waals surface area contributed by atoms with Crippen LogP contribution in [0.2, 0.25) is 36.3 Å². The van der Waals surface area contributed by atoms with Crippen molar-refractivity contribution in [3.8, 4) is 0 Å². The summed E-state index contributed by atoms with van der Waals surface area (Å²) in [6.07, 6.45) is -5.94. The molecule has 0 bridgehead atoms. The molecule has 0 rings (SSSR count). The van der Waals surface area contributed by atoms with Gasteiger partial charge in [0.1, 0.15) is 6.21 Å². The Bertz CT molecular complexity index is 692. The highest BCUT2D eigenvalue weighted by Gasteiger charge is 2.39. The molecule has 0 aliphatic heterocycles. The predicted octanol–water partition coefficient (Wildman–Crippen LogP) is 8.44. The van der Waals surface area contributed by atoms with E-state index in [0.717, 1.165) is 6.92 Å². The van der Waals surface area contributed by atoms with Crippen LogP contribution in [0.5, 0.6) is 0 Å². The van der Waals surface area contributed by atoms with Crippen molar-refractivity contribution in [3.05, 3.63) is 0 Å². The lowest BCUT2D eigenvalue weighted by atomic mass is 10.1. The van der Waals surface area contributed by atoms with Crippen molar-refractivity contribution in [2.75, 3.05) is 13.2 Å². The van der Waals surface area contributed by atoms with Crippen LogP contribution in [0.25, 0.3) is 0 Å². The lowest BCUT2D eigenvalue weighted by Crippen LogP contribution is -2.44. The van der Waals surface area contributed by atoms with Gasteiger partial charge in [-0.3, -0.25) is 4.99 Å². The number of aliphatic imine (C=N–C) groups is 1. The van der Waals surface area contributed by atoms with E-state index in [-0.39, 0.29) is 35.9 Å². The van der Waals surface area contributed by atoms with Gasteiger partial charge in [-0.05, 0) is 50.1 Å². The molecule has 13 heteroatoms. The van der Waals surface area contributed by atoms with E-state index in [0.29, 0.717) is 6.92 Å². The highest BCUT2D eigenvalue weighted by Crippen LogP contribution is 2.38. The fourth-order valence-electron chi connectivity index (χ4n) is 2.33. The van der Waals surface area contributed by atoms with Gasteiger partial charge in [-0.1, -0.05) is 41.5 Å². The Morgan fingerprint density at radius 2 is 1.03 bits per heavy atom. The molecule has 0 fully saturated rings. The summed E-state index contributed by atoms with van der Waals surface area (Å²) in [7, 11) is -4.09. The van der Waals surface area contributed by atoms with E-state index in [1.807, 2.05) is 33.9 Å². The van der Waals surface area contributed by atoms with Gasteiger partial charge in [-0.15, -0.1) is 0 Å². The van der Waals surface area contributed by atoms with E-state index < -0.39 is 53.2 Å². The Morgan fingerprint density at radius 3 is 1.32 bits per heavy atom. The molecule has 0 amide bonds. The molecule has 4 nitrogen and oxygen atoms in total. The minimum absolute atomic E-state index is 0.0848. The zero-order valence-corrected chi connectivity index (χ0v) is 26.5. The van der Waals surface area contributed by atoms with E-state index in [1.54, 1.807) is 0 Å². The largest absolute Gasteiger partial charge is 0.426 e. The number of hydrogen-bond donors (Lipinski definition) is 1. The number of nitrogens with zero attached hydrogens (tertiary/aromatic N) is 1. The van der Waals surface area contributed by atoms with Gasteiger partial charge in [0, 0.05) is 25.5 Å². The van der Waals surface area contributed by atoms with Crippen molar-refractivity contribution >= 4 is 22.8 Å². The molecule has 0 aromatic rings. The van der Waals surface area contributed by atoms with Crippen molar-refractivity contribution in [3.63, 3.8) is 0 Å². The summed E-state index contributed by atoms with van der Waals surface area (Å²) in [4.78, 5) is 3.23. The Kier molecular flexibility index (Phi) is 14.3. The van der Waals surface area contributed by atoms with Crippen LogP contribution in [0, 0.1) is 0 Å². The zero-order chi connectivity index (χ0) is 30.3. The second kappa shape index (κ2) is 13.7. The summed E-state index contributed by atoms with van der Waals surface area (Å²) in [5.74, 6) is -5.80. The summed E-state index contributed by atoms with van der Waals surface area (Å²) >= 11 is 0. The molecule has 0 spiro atoms. The highest BCUT2D eigenvalue weighted by atomic mass is 28.4. The molecule has 0 aliphatic carbocycles. The van der Waals surface area contributed by atoms with Crippen LogP contribution >= 0.6 is 0 Å². The third-order valence-corrected chi connectivity index (χ3v) is 15.6. The van der Waals surface area contributed by atoms with Crippen LogP contribution in [0.3, 0.4) is 0 Å². The van der Waals surface area contributed by atoms with Crippen LogP contribution in [0.1, 0.15) is 68.2 Å². The Hall–Kier alpha value is -0.506. The van der Waals surface area contributed by atoms with Crippen LogP contribution < -0.4 is 5.73 Å². The van der Waals surface area contributed by atoms with Crippen molar-refractivity contribution in [1.29, 1.82) is 0 Å². The monoisotopic (exact) mass is 586 g/mol. The van der Waals surface area contributed by atoms with Crippen LogP contribution in [0.15, 0.2) is 4.99 Å². The zero-order valence-electron chi connectivity index (χ0n) is 24.5. The highest BCUT2D eigenvalue weighted by molar-refractivity contribution is 6.74. The molecule has 0 unspecified atom stereocenters. The van der Waals surface area contributed by atoms with E-state index in [1.165, 1.54) is 0 Å². The lowest BCUT2D eigenvalue weighted by Gasteiger charge is -2.37. The normalized spacial score (nSPS) is 16.4. The molecule has 2 N–H and O–H groups in total. The third-order valence-electron chi connectivity index (χ3n) is 6.55. The number of hydrogen-bond acceptors (Lipinski definition) is 4. The summed E-state index contributed by atoms with van der Waals surface area (Å²) < 4.78 is 99.4. The summed E-state index contributed by atoms with van der Waals surface area (Å²) in [6, 6.07) is -1.80. The fourth-order valence-corrected chi connectivity index (χ4v) is 4.44. The standard InChI is InChI=1S/C13H24F5NOSi.C11H25F2NOSi/c1-11(2,3)21(5,6)20-8-10(7-12(4,14)15)19-9-13(16,17)18;1-10(2,3)16(5,6)15-8-9(14)7-11(4,12)13/h9-10H,7-8H2,1-6H3;9H,7-8,14H2,1-6H3/t10-;9-/m00/s1. The number of rotatable bonds is 11. The molecule has 0 aromatic carbocycles. The molecule has 0 saturated carbocycles. The van der Waals surface area contributed by atoms with Gasteiger partial charge < -0.3 is 14.6 Å². The predicted molar refractivity (Wildman–Crippen MR) is 143 cm³/mol.